The second-order valence-electron chi connectivity index (χ2n) is 8.96. The van der Waals surface area contributed by atoms with Gasteiger partial charge in [0.15, 0.2) is 0 Å². The zero-order valence-corrected chi connectivity index (χ0v) is 16.8. The van der Waals surface area contributed by atoms with Crippen molar-refractivity contribution < 1.29 is 9.84 Å². The van der Waals surface area contributed by atoms with Crippen LogP contribution < -0.4 is 11.1 Å². The first-order chi connectivity index (χ1) is 13.2. The van der Waals surface area contributed by atoms with Crippen LogP contribution in [0.15, 0.2) is 6.07 Å². The highest BCUT2D eigenvalue weighted by atomic mass is 16.5. The van der Waals surface area contributed by atoms with Crippen molar-refractivity contribution in [2.45, 2.75) is 82.8 Å². The summed E-state index contributed by atoms with van der Waals surface area (Å²) in [6.07, 6.45) is 11.1. The topological polar surface area (TPSA) is 67.5 Å². The minimum Gasteiger partial charge on any atom is -0.507 e. The maximum absolute atomic E-state index is 11.1. The second kappa shape index (κ2) is 8.50. The van der Waals surface area contributed by atoms with Crippen LogP contribution in [0.3, 0.4) is 0 Å². The van der Waals surface area contributed by atoms with Gasteiger partial charge in [-0.05, 0) is 67.8 Å². The van der Waals surface area contributed by atoms with Gasteiger partial charge in [-0.3, -0.25) is 0 Å². The minimum absolute atomic E-state index is 0.0747. The van der Waals surface area contributed by atoms with Crippen LogP contribution in [-0.4, -0.2) is 30.8 Å². The lowest BCUT2D eigenvalue weighted by atomic mass is 9.79. The fourth-order valence-electron chi connectivity index (χ4n) is 5.62. The Morgan fingerprint density at radius 2 is 1.85 bits per heavy atom. The molecule has 1 saturated carbocycles. The van der Waals surface area contributed by atoms with Crippen LogP contribution in [0.2, 0.25) is 0 Å². The highest BCUT2D eigenvalue weighted by Crippen LogP contribution is 2.43. The molecule has 0 amide bonds. The molecule has 0 aromatic heterocycles. The molecule has 2 heterocycles. The van der Waals surface area contributed by atoms with E-state index in [2.05, 4.69) is 18.3 Å². The summed E-state index contributed by atoms with van der Waals surface area (Å²) in [6.45, 7) is 4.70. The van der Waals surface area contributed by atoms with E-state index in [0.29, 0.717) is 18.2 Å². The lowest BCUT2D eigenvalue weighted by molar-refractivity contribution is -0.0352. The van der Waals surface area contributed by atoms with Gasteiger partial charge in [0.1, 0.15) is 5.75 Å². The fraction of sp³-hybridized carbons (Fsp3) is 0.739. The first-order valence-corrected chi connectivity index (χ1v) is 11.1. The Balaban J connectivity index is 1.59. The van der Waals surface area contributed by atoms with Crippen LogP contribution in [0.1, 0.15) is 85.6 Å². The van der Waals surface area contributed by atoms with Crippen molar-refractivity contribution in [3.8, 4) is 5.75 Å². The second-order valence-corrected chi connectivity index (χ2v) is 8.96. The highest BCUT2D eigenvalue weighted by molar-refractivity contribution is 5.52. The molecule has 1 aromatic rings. The summed E-state index contributed by atoms with van der Waals surface area (Å²) in [5.74, 6) is 1.82. The van der Waals surface area contributed by atoms with Gasteiger partial charge in [-0.15, -0.1) is 0 Å². The van der Waals surface area contributed by atoms with Crippen LogP contribution in [-0.2, 0) is 11.2 Å². The fourth-order valence-corrected chi connectivity index (χ4v) is 5.62. The van der Waals surface area contributed by atoms with Gasteiger partial charge in [0.25, 0.3) is 0 Å². The Labute approximate surface area is 163 Å². The molecule has 0 unspecified atom stereocenters. The Morgan fingerprint density at radius 1 is 1.11 bits per heavy atom. The number of nitrogens with two attached hydrogens (primary N) is 1. The molecule has 0 spiro atoms. The number of rotatable bonds is 4. The number of hydrogen-bond donors (Lipinski definition) is 3. The van der Waals surface area contributed by atoms with Gasteiger partial charge < -0.3 is 20.9 Å². The van der Waals surface area contributed by atoms with Gasteiger partial charge >= 0.3 is 0 Å². The van der Waals surface area contributed by atoms with Crippen molar-refractivity contribution in [1.29, 1.82) is 0 Å². The summed E-state index contributed by atoms with van der Waals surface area (Å²) in [7, 11) is 0. The van der Waals surface area contributed by atoms with Gasteiger partial charge in [-0.25, -0.2) is 0 Å². The first-order valence-electron chi connectivity index (χ1n) is 11.1. The number of hydrogen-bond acceptors (Lipinski definition) is 4. The zero-order valence-electron chi connectivity index (χ0n) is 16.8. The molecule has 4 nitrogen and oxygen atoms in total. The number of aromatic hydroxyl groups is 1. The summed E-state index contributed by atoms with van der Waals surface area (Å²) >= 11 is 0. The van der Waals surface area contributed by atoms with Crippen LogP contribution in [0.25, 0.3) is 0 Å². The molecular weight excluding hydrogens is 336 g/mol. The molecular formula is C23H36N2O2. The molecule has 0 bridgehead atoms. The molecule has 1 aliphatic carbocycles. The van der Waals surface area contributed by atoms with Crippen molar-refractivity contribution in [3.05, 3.63) is 28.3 Å². The number of piperidine rings is 1. The van der Waals surface area contributed by atoms with E-state index in [-0.39, 0.29) is 12.2 Å². The number of fused-ring (bicyclic) bond motifs is 1. The van der Waals surface area contributed by atoms with E-state index >= 15 is 0 Å². The Morgan fingerprint density at radius 3 is 2.56 bits per heavy atom. The maximum atomic E-state index is 11.1. The van der Waals surface area contributed by atoms with Crippen molar-refractivity contribution in [3.63, 3.8) is 0 Å². The predicted molar refractivity (Wildman–Crippen MR) is 109 cm³/mol. The number of benzene rings is 1. The third-order valence-electron chi connectivity index (χ3n) is 7.18. The smallest absolute Gasteiger partial charge is 0.122 e. The van der Waals surface area contributed by atoms with Crippen molar-refractivity contribution in [2.24, 2.45) is 11.7 Å². The maximum Gasteiger partial charge on any atom is 0.122 e. The van der Waals surface area contributed by atoms with Gasteiger partial charge in [0, 0.05) is 18.5 Å². The van der Waals surface area contributed by atoms with Crippen LogP contribution in [0.5, 0.6) is 5.75 Å². The first kappa shape index (κ1) is 19.2. The van der Waals surface area contributed by atoms with Gasteiger partial charge in [0.05, 0.1) is 12.2 Å². The van der Waals surface area contributed by atoms with Crippen molar-refractivity contribution in [2.75, 3.05) is 19.6 Å². The number of nitrogens with one attached hydrogen (secondary N) is 1. The number of phenols is 1. The van der Waals surface area contributed by atoms with Crippen molar-refractivity contribution in [1.82, 2.24) is 5.32 Å². The summed E-state index contributed by atoms with van der Waals surface area (Å²) < 4.78 is 6.45. The Bertz CT molecular complexity index is 648. The molecule has 1 aromatic carbocycles. The molecule has 0 radical (unpaired) electrons. The predicted octanol–water partition coefficient (Wildman–Crippen LogP) is 4.08. The van der Waals surface area contributed by atoms with Crippen LogP contribution in [0.4, 0.5) is 0 Å². The van der Waals surface area contributed by atoms with Crippen LogP contribution in [0, 0.1) is 12.8 Å². The molecule has 3 aliphatic rings. The summed E-state index contributed by atoms with van der Waals surface area (Å²) in [4.78, 5) is 0. The van der Waals surface area contributed by atoms with Crippen molar-refractivity contribution >= 4 is 0 Å². The van der Waals surface area contributed by atoms with E-state index in [1.54, 1.807) is 0 Å². The standard InChI is InChI=1S/C23H36N2O2/c1-15-19(17-7-9-25-10-8-17)13-20-21(23(15)26)12-18(27-22(20)14-24)11-16-5-3-2-4-6-16/h13,16-18,22,25-26H,2-12,14,24H2,1H3/t18-,22-/m0/s1. The zero-order chi connectivity index (χ0) is 18.8. The Hall–Kier alpha value is -1.10. The SMILES string of the molecule is Cc1c(C2CCNCC2)cc2c(c1O)C[C@H](CC1CCCCC1)O[C@H]2CN. The third-order valence-corrected chi connectivity index (χ3v) is 7.18. The average Bonchev–Trinajstić information content (AvgIpc) is 2.72. The molecule has 27 heavy (non-hydrogen) atoms. The summed E-state index contributed by atoms with van der Waals surface area (Å²) in [5.41, 5.74) is 10.7. The molecule has 2 atom stereocenters. The quantitative estimate of drug-likeness (QED) is 0.745. The molecule has 4 heteroatoms. The van der Waals surface area contributed by atoms with E-state index in [1.165, 1.54) is 37.7 Å². The van der Waals surface area contributed by atoms with E-state index in [1.807, 2.05) is 0 Å². The molecule has 1 saturated heterocycles. The van der Waals surface area contributed by atoms with Crippen LogP contribution >= 0.6 is 0 Å². The third kappa shape index (κ3) is 4.03. The Kier molecular flexibility index (Phi) is 6.05. The molecule has 4 rings (SSSR count). The average molecular weight is 373 g/mol. The minimum atomic E-state index is -0.0747. The largest absolute Gasteiger partial charge is 0.507 e. The number of ether oxygens (including phenoxy) is 1. The van der Waals surface area contributed by atoms with Gasteiger partial charge in [0.2, 0.25) is 0 Å². The number of phenolic OH excluding ortho intramolecular Hbond substituents is 1. The molecule has 4 N–H and O–H groups in total. The highest BCUT2D eigenvalue weighted by Gasteiger charge is 2.33. The summed E-state index contributed by atoms with van der Waals surface area (Å²) in [6, 6.07) is 2.31. The normalized spacial score (nSPS) is 27.5. The van der Waals surface area contributed by atoms with E-state index in [0.717, 1.165) is 61.4 Å². The van der Waals surface area contributed by atoms with E-state index in [9.17, 15) is 5.11 Å². The monoisotopic (exact) mass is 372 g/mol. The lowest BCUT2D eigenvalue weighted by Gasteiger charge is -2.36. The summed E-state index contributed by atoms with van der Waals surface area (Å²) in [5, 5.41) is 14.5. The molecule has 2 aliphatic heterocycles. The van der Waals surface area contributed by atoms with E-state index in [4.69, 9.17) is 10.5 Å². The lowest BCUT2D eigenvalue weighted by Crippen LogP contribution is -2.33. The van der Waals surface area contributed by atoms with Gasteiger partial charge in [-0.2, -0.15) is 0 Å². The van der Waals surface area contributed by atoms with E-state index < -0.39 is 0 Å². The molecule has 150 valence electrons. The van der Waals surface area contributed by atoms with Gasteiger partial charge in [-0.1, -0.05) is 38.2 Å². The molecule has 2 fully saturated rings.